The highest BCUT2D eigenvalue weighted by atomic mass is 16.5. The molecule has 4 rings (SSSR count). The first-order valence-electron chi connectivity index (χ1n) is 8.31. The summed E-state index contributed by atoms with van der Waals surface area (Å²) in [5.74, 6) is 1.53. The number of nitrogens with zero attached hydrogens (tertiary/aromatic N) is 2. The van der Waals surface area contributed by atoms with Crippen LogP contribution in [0.2, 0.25) is 0 Å². The first-order chi connectivity index (χ1) is 12.2. The van der Waals surface area contributed by atoms with E-state index >= 15 is 0 Å². The van der Waals surface area contributed by atoms with Gasteiger partial charge in [0.2, 0.25) is 0 Å². The number of hydrogen-bond acceptors (Lipinski definition) is 4. The second-order valence-electron chi connectivity index (χ2n) is 6.18. The van der Waals surface area contributed by atoms with E-state index in [2.05, 4.69) is 6.08 Å². The monoisotopic (exact) mass is 333 g/mol. The van der Waals surface area contributed by atoms with Crippen LogP contribution in [0.3, 0.4) is 0 Å². The van der Waals surface area contributed by atoms with Crippen molar-refractivity contribution in [3.63, 3.8) is 0 Å². The van der Waals surface area contributed by atoms with Crippen molar-refractivity contribution in [1.82, 2.24) is 9.55 Å². The number of ether oxygens (including phenoxy) is 1. The van der Waals surface area contributed by atoms with E-state index in [0.29, 0.717) is 23.1 Å². The maximum absolute atomic E-state index is 12.8. The zero-order valence-electron chi connectivity index (χ0n) is 14.0. The number of allylic oxidation sites excluding steroid dienone is 1. The molecule has 0 bridgehead atoms. The molecule has 0 saturated heterocycles. The Hall–Kier alpha value is -3.08. The molecular formula is C20H19N3O2. The van der Waals surface area contributed by atoms with Crippen LogP contribution >= 0.6 is 0 Å². The minimum Gasteiger partial charge on any atom is -0.496 e. The summed E-state index contributed by atoms with van der Waals surface area (Å²) in [6, 6.07) is 13.1. The van der Waals surface area contributed by atoms with Gasteiger partial charge in [-0.15, -0.1) is 0 Å². The summed E-state index contributed by atoms with van der Waals surface area (Å²) >= 11 is 0. The van der Waals surface area contributed by atoms with E-state index in [0.717, 1.165) is 35.6 Å². The molecule has 25 heavy (non-hydrogen) atoms. The Morgan fingerprint density at radius 1 is 1.24 bits per heavy atom. The van der Waals surface area contributed by atoms with Crippen molar-refractivity contribution in [3.8, 4) is 5.75 Å². The first kappa shape index (κ1) is 15.4. The lowest BCUT2D eigenvalue weighted by Gasteiger charge is -2.21. The van der Waals surface area contributed by atoms with Crippen molar-refractivity contribution in [2.75, 3.05) is 12.8 Å². The molecule has 0 unspecified atom stereocenters. The quantitative estimate of drug-likeness (QED) is 0.730. The summed E-state index contributed by atoms with van der Waals surface area (Å²) in [4.78, 5) is 17.6. The molecular weight excluding hydrogens is 314 g/mol. The van der Waals surface area contributed by atoms with Gasteiger partial charge in [-0.3, -0.25) is 9.36 Å². The number of rotatable bonds is 2. The maximum Gasteiger partial charge on any atom is 0.261 e. The fraction of sp³-hybridized carbons (Fsp3) is 0.200. The number of methoxy groups -OCH3 is 1. The first-order valence-corrected chi connectivity index (χ1v) is 8.31. The van der Waals surface area contributed by atoms with Gasteiger partial charge in [-0.1, -0.05) is 18.2 Å². The Morgan fingerprint density at radius 2 is 2.08 bits per heavy atom. The van der Waals surface area contributed by atoms with Crippen molar-refractivity contribution in [2.45, 2.75) is 19.4 Å². The topological polar surface area (TPSA) is 70.1 Å². The zero-order valence-corrected chi connectivity index (χ0v) is 14.0. The van der Waals surface area contributed by atoms with Gasteiger partial charge in [-0.25, -0.2) is 4.98 Å². The average Bonchev–Trinajstić information content (AvgIpc) is 2.63. The number of nitrogen functional groups attached to an aromatic ring is 1. The number of hydrogen-bond donors (Lipinski definition) is 1. The van der Waals surface area contributed by atoms with E-state index in [1.807, 2.05) is 24.3 Å². The second-order valence-corrected chi connectivity index (χ2v) is 6.18. The Labute approximate surface area is 145 Å². The molecule has 0 spiro atoms. The van der Waals surface area contributed by atoms with Gasteiger partial charge in [0.25, 0.3) is 5.56 Å². The summed E-state index contributed by atoms with van der Waals surface area (Å²) in [5.41, 5.74) is 9.13. The van der Waals surface area contributed by atoms with E-state index in [9.17, 15) is 4.79 Å². The molecule has 2 heterocycles. The smallest absolute Gasteiger partial charge is 0.261 e. The van der Waals surface area contributed by atoms with Crippen LogP contribution in [-0.4, -0.2) is 16.7 Å². The maximum atomic E-state index is 12.8. The van der Waals surface area contributed by atoms with Gasteiger partial charge < -0.3 is 10.5 Å². The normalized spacial score (nSPS) is 15.3. The molecule has 0 aliphatic carbocycles. The molecule has 5 heteroatoms. The predicted octanol–water partition coefficient (Wildman–Crippen LogP) is 3.32. The predicted molar refractivity (Wildman–Crippen MR) is 101 cm³/mol. The number of nitrogens with two attached hydrogens (primary N) is 1. The Bertz CT molecular complexity index is 1050. The molecule has 3 aromatic rings. The van der Waals surface area contributed by atoms with Crippen molar-refractivity contribution < 1.29 is 4.74 Å². The Kier molecular flexibility index (Phi) is 3.76. The summed E-state index contributed by atoms with van der Waals surface area (Å²) < 4.78 is 7.20. The molecule has 2 aromatic carbocycles. The van der Waals surface area contributed by atoms with E-state index in [1.165, 1.54) is 0 Å². The lowest BCUT2D eigenvalue weighted by molar-refractivity contribution is 0.414. The highest BCUT2D eigenvalue weighted by Crippen LogP contribution is 2.30. The minimum atomic E-state index is -0.00868. The molecule has 5 nitrogen and oxygen atoms in total. The van der Waals surface area contributed by atoms with Crippen LogP contribution in [-0.2, 0) is 6.54 Å². The van der Waals surface area contributed by atoms with Gasteiger partial charge >= 0.3 is 0 Å². The zero-order chi connectivity index (χ0) is 17.4. The standard InChI is InChI=1S/C20H19N3O2/c1-25-18-7-3-2-5-13(18)11-14-6-4-10-23-19(14)22-17-12-15(21)8-9-16(17)20(23)24/h2-3,5,7-9,11-12H,4,6,10,21H2,1H3/b14-11+. The third-order valence-corrected chi connectivity index (χ3v) is 4.56. The lowest BCUT2D eigenvalue weighted by Crippen LogP contribution is -2.27. The van der Waals surface area contributed by atoms with Crippen LogP contribution in [0.5, 0.6) is 5.75 Å². The van der Waals surface area contributed by atoms with Crippen molar-refractivity contribution in [2.24, 2.45) is 0 Å². The number of aromatic nitrogens is 2. The summed E-state index contributed by atoms with van der Waals surface area (Å²) in [6.07, 6.45) is 3.85. The van der Waals surface area contributed by atoms with Crippen LogP contribution < -0.4 is 16.0 Å². The van der Waals surface area contributed by atoms with E-state index in [4.69, 9.17) is 15.5 Å². The average molecular weight is 333 g/mol. The van der Waals surface area contributed by atoms with Crippen LogP contribution in [0.1, 0.15) is 24.2 Å². The van der Waals surface area contributed by atoms with Crippen molar-refractivity contribution in [1.29, 1.82) is 0 Å². The third-order valence-electron chi connectivity index (χ3n) is 4.56. The van der Waals surface area contributed by atoms with Gasteiger partial charge in [-0.05, 0) is 48.8 Å². The van der Waals surface area contributed by atoms with Crippen LogP contribution in [0.25, 0.3) is 22.6 Å². The summed E-state index contributed by atoms with van der Waals surface area (Å²) in [5, 5.41) is 0.608. The highest BCUT2D eigenvalue weighted by molar-refractivity contribution is 5.86. The molecule has 2 N–H and O–H groups in total. The largest absolute Gasteiger partial charge is 0.496 e. The van der Waals surface area contributed by atoms with E-state index in [1.54, 1.807) is 29.9 Å². The molecule has 126 valence electrons. The molecule has 0 fully saturated rings. The van der Waals surface area contributed by atoms with E-state index in [-0.39, 0.29) is 5.56 Å². The van der Waals surface area contributed by atoms with Gasteiger partial charge in [0, 0.05) is 17.8 Å². The summed E-state index contributed by atoms with van der Waals surface area (Å²) in [6.45, 7) is 0.685. The van der Waals surface area contributed by atoms with Gasteiger partial charge in [0.15, 0.2) is 0 Å². The fourth-order valence-electron chi connectivity index (χ4n) is 3.34. The van der Waals surface area contributed by atoms with Gasteiger partial charge in [0.1, 0.15) is 11.6 Å². The van der Waals surface area contributed by atoms with Gasteiger partial charge in [-0.2, -0.15) is 0 Å². The molecule has 0 radical (unpaired) electrons. The highest BCUT2D eigenvalue weighted by Gasteiger charge is 2.19. The molecule has 1 aromatic heterocycles. The van der Waals surface area contributed by atoms with E-state index < -0.39 is 0 Å². The van der Waals surface area contributed by atoms with Gasteiger partial charge in [0.05, 0.1) is 18.0 Å². The minimum absolute atomic E-state index is 0.00868. The molecule has 0 atom stereocenters. The second kappa shape index (κ2) is 6.09. The number of fused-ring (bicyclic) bond motifs is 2. The lowest BCUT2D eigenvalue weighted by atomic mass is 10.0. The molecule has 1 aliphatic heterocycles. The Balaban J connectivity index is 1.94. The van der Waals surface area contributed by atoms with Crippen molar-refractivity contribution >= 4 is 28.2 Å². The van der Waals surface area contributed by atoms with Crippen LogP contribution in [0, 0.1) is 0 Å². The van der Waals surface area contributed by atoms with Crippen LogP contribution in [0.4, 0.5) is 5.69 Å². The summed E-state index contributed by atoms with van der Waals surface area (Å²) in [7, 11) is 1.66. The number of benzene rings is 2. The molecule has 1 aliphatic rings. The third kappa shape index (κ3) is 2.67. The number of anilines is 1. The van der Waals surface area contributed by atoms with Crippen LogP contribution in [0.15, 0.2) is 47.3 Å². The molecule has 0 amide bonds. The SMILES string of the molecule is COc1ccccc1/C=C1\CCCn2c1nc1cc(N)ccc1c2=O. The number of para-hydroxylation sites is 1. The van der Waals surface area contributed by atoms with Crippen molar-refractivity contribution in [3.05, 3.63) is 64.2 Å². The molecule has 0 saturated carbocycles. The fourth-order valence-corrected chi connectivity index (χ4v) is 3.34. The Morgan fingerprint density at radius 3 is 2.92 bits per heavy atom.